The number of amides is 2. The fraction of sp³-hybridized carbons (Fsp3) is 0.226. The molecule has 0 radical (unpaired) electrons. The molecule has 1 aliphatic heterocycles. The first-order valence-electron chi connectivity index (χ1n) is 13.2. The Morgan fingerprint density at radius 3 is 2.20 bits per heavy atom. The van der Waals surface area contributed by atoms with Gasteiger partial charge < -0.3 is 25.4 Å². The van der Waals surface area contributed by atoms with Crippen molar-refractivity contribution in [3.63, 3.8) is 0 Å². The molecule has 9 heteroatoms. The zero-order chi connectivity index (χ0) is 28.2. The third kappa shape index (κ3) is 5.88. The van der Waals surface area contributed by atoms with Crippen LogP contribution in [0.4, 0.5) is 17.2 Å². The largest absolute Gasteiger partial charge is 0.368 e. The second-order valence-electron chi connectivity index (χ2n) is 9.99. The molecular weight excluding hydrogens is 504 g/mol. The number of hydrogen-bond acceptors (Lipinski definition) is 6. The minimum atomic E-state index is -0.788. The van der Waals surface area contributed by atoms with Crippen molar-refractivity contribution in [3.05, 3.63) is 95.9 Å². The Bertz CT molecular complexity index is 1520. The van der Waals surface area contributed by atoms with Gasteiger partial charge in [0.25, 0.3) is 11.7 Å². The SMILES string of the molecule is Cc1cc(C)nc(N2CCN(c3ccc(NC(=O)C(=O)c4c(-c5ccccc5)ccn4CC(N)=O)cc3)CC2)c1. The Labute approximate surface area is 233 Å². The summed E-state index contributed by atoms with van der Waals surface area (Å²) in [5, 5.41) is 2.71. The Morgan fingerprint density at radius 1 is 0.875 bits per heavy atom. The maximum Gasteiger partial charge on any atom is 0.298 e. The molecule has 0 spiro atoms. The molecule has 0 atom stereocenters. The van der Waals surface area contributed by atoms with Gasteiger partial charge in [-0.2, -0.15) is 0 Å². The predicted molar refractivity (Wildman–Crippen MR) is 157 cm³/mol. The van der Waals surface area contributed by atoms with Gasteiger partial charge in [0, 0.05) is 55.0 Å². The number of carbonyl (C=O) groups is 3. The number of piperazine rings is 1. The average molecular weight is 537 g/mol. The smallest absolute Gasteiger partial charge is 0.298 e. The number of nitrogens with zero attached hydrogens (tertiary/aromatic N) is 4. The highest BCUT2D eigenvalue weighted by atomic mass is 16.2. The van der Waals surface area contributed by atoms with Gasteiger partial charge in [-0.15, -0.1) is 0 Å². The molecule has 3 N–H and O–H groups in total. The fourth-order valence-electron chi connectivity index (χ4n) is 5.10. The molecule has 1 saturated heterocycles. The van der Waals surface area contributed by atoms with E-state index in [9.17, 15) is 14.4 Å². The number of nitrogens with two attached hydrogens (primary N) is 1. The Kier molecular flexibility index (Phi) is 7.63. The van der Waals surface area contributed by atoms with E-state index < -0.39 is 17.6 Å². The third-order valence-corrected chi connectivity index (χ3v) is 6.97. The molecule has 1 aliphatic rings. The van der Waals surface area contributed by atoms with E-state index >= 15 is 0 Å². The van der Waals surface area contributed by atoms with Gasteiger partial charge in [-0.05, 0) is 67.4 Å². The normalized spacial score (nSPS) is 13.2. The molecular formula is C31H32N6O3. The molecule has 204 valence electrons. The first-order valence-corrected chi connectivity index (χ1v) is 13.2. The molecule has 0 aliphatic carbocycles. The fourth-order valence-corrected chi connectivity index (χ4v) is 5.10. The van der Waals surface area contributed by atoms with E-state index in [0.717, 1.165) is 48.9 Å². The Hall–Kier alpha value is -4.92. The molecule has 4 aromatic rings. The minimum absolute atomic E-state index is 0.121. The van der Waals surface area contributed by atoms with E-state index in [4.69, 9.17) is 5.73 Å². The van der Waals surface area contributed by atoms with Crippen LogP contribution < -0.4 is 20.9 Å². The zero-order valence-corrected chi connectivity index (χ0v) is 22.6. The van der Waals surface area contributed by atoms with Crippen molar-refractivity contribution in [1.82, 2.24) is 9.55 Å². The first kappa shape index (κ1) is 26.7. The van der Waals surface area contributed by atoms with E-state index in [1.807, 2.05) is 49.4 Å². The lowest BCUT2D eigenvalue weighted by Crippen LogP contribution is -2.46. The summed E-state index contributed by atoms with van der Waals surface area (Å²) in [6, 6.07) is 22.6. The molecule has 9 nitrogen and oxygen atoms in total. The molecule has 0 unspecified atom stereocenters. The molecule has 5 rings (SSSR count). The number of rotatable bonds is 8. The number of pyridine rings is 1. The number of anilines is 3. The maximum absolute atomic E-state index is 13.3. The summed E-state index contributed by atoms with van der Waals surface area (Å²) in [6.07, 6.45) is 1.60. The molecule has 2 aromatic heterocycles. The average Bonchev–Trinajstić information content (AvgIpc) is 3.35. The summed E-state index contributed by atoms with van der Waals surface area (Å²) in [5.41, 5.74) is 10.6. The molecule has 1 fully saturated rings. The van der Waals surface area contributed by atoms with E-state index in [1.54, 1.807) is 24.4 Å². The summed E-state index contributed by atoms with van der Waals surface area (Å²) in [7, 11) is 0. The van der Waals surface area contributed by atoms with Gasteiger partial charge in [-0.1, -0.05) is 30.3 Å². The van der Waals surface area contributed by atoms with Gasteiger partial charge in [0.15, 0.2) is 0 Å². The van der Waals surface area contributed by atoms with Crippen molar-refractivity contribution in [2.45, 2.75) is 20.4 Å². The van der Waals surface area contributed by atoms with E-state index in [-0.39, 0.29) is 12.2 Å². The number of nitrogens with one attached hydrogen (secondary N) is 1. The second-order valence-corrected chi connectivity index (χ2v) is 9.99. The number of aromatic nitrogens is 2. The summed E-state index contributed by atoms with van der Waals surface area (Å²) in [6.45, 7) is 7.30. The van der Waals surface area contributed by atoms with Crippen LogP contribution >= 0.6 is 0 Å². The number of aryl methyl sites for hydroxylation is 2. The molecule has 0 saturated carbocycles. The maximum atomic E-state index is 13.3. The van der Waals surface area contributed by atoms with Crippen molar-refractivity contribution < 1.29 is 14.4 Å². The van der Waals surface area contributed by atoms with Crippen molar-refractivity contribution in [1.29, 1.82) is 0 Å². The van der Waals surface area contributed by atoms with Crippen LogP contribution in [-0.4, -0.2) is 53.3 Å². The van der Waals surface area contributed by atoms with Gasteiger partial charge in [-0.3, -0.25) is 14.4 Å². The summed E-state index contributed by atoms with van der Waals surface area (Å²) in [4.78, 5) is 47.2. The molecule has 2 aromatic carbocycles. The number of ketones is 1. The number of primary amides is 1. The number of Topliss-reactive ketones (excluding diaryl/α,β-unsaturated/α-hetero) is 1. The monoisotopic (exact) mass is 536 g/mol. The van der Waals surface area contributed by atoms with Gasteiger partial charge in [0.1, 0.15) is 18.1 Å². The van der Waals surface area contributed by atoms with E-state index in [2.05, 4.69) is 39.2 Å². The van der Waals surface area contributed by atoms with Gasteiger partial charge in [-0.25, -0.2) is 4.98 Å². The van der Waals surface area contributed by atoms with E-state index in [1.165, 1.54) is 10.1 Å². The Balaban J connectivity index is 1.25. The van der Waals surface area contributed by atoms with Crippen LogP contribution in [0.15, 0.2) is 79.0 Å². The molecule has 3 heterocycles. The quantitative estimate of drug-likeness (QED) is 0.262. The lowest BCUT2D eigenvalue weighted by Gasteiger charge is -2.37. The van der Waals surface area contributed by atoms with Crippen molar-refractivity contribution >= 4 is 34.8 Å². The van der Waals surface area contributed by atoms with Crippen LogP contribution in [0.25, 0.3) is 11.1 Å². The lowest BCUT2D eigenvalue weighted by molar-refractivity contribution is -0.118. The predicted octanol–water partition coefficient (Wildman–Crippen LogP) is 3.80. The number of hydrogen-bond donors (Lipinski definition) is 2. The van der Waals surface area contributed by atoms with Crippen LogP contribution in [-0.2, 0) is 16.1 Å². The standard InChI is InChI=1S/C31H32N6O3/c1-21-18-22(2)33-28(19-21)36-16-14-35(15-17-36)25-10-8-24(9-11-25)34-31(40)30(39)29-26(23-6-4-3-5-7-23)12-13-37(29)20-27(32)38/h3-13,18-19H,14-17,20H2,1-2H3,(H2,32,38)(H,34,40). The minimum Gasteiger partial charge on any atom is -0.368 e. The molecule has 40 heavy (non-hydrogen) atoms. The summed E-state index contributed by atoms with van der Waals surface area (Å²) >= 11 is 0. The third-order valence-electron chi connectivity index (χ3n) is 6.97. The van der Waals surface area contributed by atoms with Crippen LogP contribution in [0.2, 0.25) is 0 Å². The number of benzene rings is 2. The molecule has 0 bridgehead atoms. The highest BCUT2D eigenvalue weighted by molar-refractivity contribution is 6.47. The topological polar surface area (TPSA) is 114 Å². The van der Waals surface area contributed by atoms with Gasteiger partial charge in [0.05, 0.1) is 0 Å². The first-order chi connectivity index (χ1) is 19.3. The van der Waals surface area contributed by atoms with Crippen LogP contribution in [0.3, 0.4) is 0 Å². The summed E-state index contributed by atoms with van der Waals surface area (Å²) in [5.74, 6) is -1.13. The van der Waals surface area contributed by atoms with Crippen molar-refractivity contribution in [2.75, 3.05) is 41.3 Å². The highest BCUT2D eigenvalue weighted by Gasteiger charge is 2.25. The van der Waals surface area contributed by atoms with Gasteiger partial charge in [0.2, 0.25) is 5.91 Å². The zero-order valence-electron chi connectivity index (χ0n) is 22.6. The van der Waals surface area contributed by atoms with Crippen molar-refractivity contribution in [3.8, 4) is 11.1 Å². The second kappa shape index (κ2) is 11.4. The Morgan fingerprint density at radius 2 is 1.55 bits per heavy atom. The van der Waals surface area contributed by atoms with Crippen molar-refractivity contribution in [2.24, 2.45) is 5.73 Å². The summed E-state index contributed by atoms with van der Waals surface area (Å²) < 4.78 is 1.42. The van der Waals surface area contributed by atoms with Gasteiger partial charge >= 0.3 is 0 Å². The van der Waals surface area contributed by atoms with Crippen LogP contribution in [0, 0.1) is 13.8 Å². The lowest BCUT2D eigenvalue weighted by atomic mass is 10.0. The van der Waals surface area contributed by atoms with E-state index in [0.29, 0.717) is 11.3 Å². The van der Waals surface area contributed by atoms with Crippen LogP contribution in [0.5, 0.6) is 0 Å². The molecule has 2 amide bonds. The van der Waals surface area contributed by atoms with Crippen LogP contribution in [0.1, 0.15) is 21.7 Å². The number of carbonyl (C=O) groups excluding carboxylic acids is 3. The highest BCUT2D eigenvalue weighted by Crippen LogP contribution is 2.27.